The number of ketones is 1. The van der Waals surface area contributed by atoms with Crippen molar-refractivity contribution in [1.82, 2.24) is 0 Å². The lowest BCUT2D eigenvalue weighted by Gasteiger charge is -2.31. The molecule has 0 bridgehead atoms. The van der Waals surface area contributed by atoms with Crippen LogP contribution in [0.15, 0.2) is 23.5 Å². The van der Waals surface area contributed by atoms with Gasteiger partial charge in [0, 0.05) is 11.5 Å². The molecular formula is C11H14O4. The maximum Gasteiger partial charge on any atom is 0.203 e. The third-order valence-electron chi connectivity index (χ3n) is 3.13. The van der Waals surface area contributed by atoms with Crippen LogP contribution in [-0.2, 0) is 9.53 Å². The van der Waals surface area contributed by atoms with Gasteiger partial charge in [-0.3, -0.25) is 4.79 Å². The molecule has 4 heteroatoms. The van der Waals surface area contributed by atoms with Crippen molar-refractivity contribution in [2.24, 2.45) is 11.8 Å². The zero-order chi connectivity index (χ0) is 11.0. The first kappa shape index (κ1) is 10.4. The van der Waals surface area contributed by atoms with Crippen LogP contribution < -0.4 is 0 Å². The number of allylic oxidation sites excluding steroid dienone is 2. The molecule has 82 valence electrons. The summed E-state index contributed by atoms with van der Waals surface area (Å²) in [6.45, 7) is 1.40. The third-order valence-corrected chi connectivity index (χ3v) is 3.13. The van der Waals surface area contributed by atoms with E-state index in [1.807, 2.05) is 6.08 Å². The summed E-state index contributed by atoms with van der Waals surface area (Å²) in [5.41, 5.74) is 1.37. The van der Waals surface area contributed by atoms with Crippen molar-refractivity contribution in [3.8, 4) is 0 Å². The van der Waals surface area contributed by atoms with Crippen LogP contribution in [0.2, 0.25) is 0 Å². The molecular weight excluding hydrogens is 196 g/mol. The second kappa shape index (κ2) is 3.79. The number of Topliss-reactive ketones (excluding diaryl/α,β-unsaturated/α-hetero) is 1. The fraction of sp³-hybridized carbons (Fsp3) is 0.545. The van der Waals surface area contributed by atoms with E-state index in [1.54, 1.807) is 0 Å². The predicted molar refractivity (Wildman–Crippen MR) is 52.6 cm³/mol. The van der Waals surface area contributed by atoms with Gasteiger partial charge < -0.3 is 14.9 Å². The molecule has 15 heavy (non-hydrogen) atoms. The smallest absolute Gasteiger partial charge is 0.203 e. The van der Waals surface area contributed by atoms with Crippen molar-refractivity contribution in [3.63, 3.8) is 0 Å². The minimum atomic E-state index is -0.945. The van der Waals surface area contributed by atoms with Crippen LogP contribution in [0.5, 0.6) is 0 Å². The van der Waals surface area contributed by atoms with E-state index in [1.165, 1.54) is 13.2 Å². The number of rotatable bonds is 2. The molecule has 1 heterocycles. The average Bonchev–Trinajstić information content (AvgIpc) is 2.62. The van der Waals surface area contributed by atoms with Crippen molar-refractivity contribution < 1.29 is 19.7 Å². The number of carbonyl (C=O) groups is 1. The van der Waals surface area contributed by atoms with Crippen LogP contribution in [0.1, 0.15) is 13.3 Å². The Morgan fingerprint density at radius 1 is 1.67 bits per heavy atom. The largest absolute Gasteiger partial charge is 0.472 e. The molecule has 4 nitrogen and oxygen atoms in total. The summed E-state index contributed by atoms with van der Waals surface area (Å²) < 4.78 is 5.02. The van der Waals surface area contributed by atoms with Gasteiger partial charge in [-0.1, -0.05) is 6.08 Å². The molecule has 0 saturated carbocycles. The zero-order valence-corrected chi connectivity index (χ0v) is 8.51. The Kier molecular flexibility index (Phi) is 2.63. The normalized spacial score (nSPS) is 33.9. The summed E-state index contributed by atoms with van der Waals surface area (Å²) >= 11 is 0. The second-order valence-electron chi connectivity index (χ2n) is 3.96. The molecule has 0 aromatic heterocycles. The molecule has 0 saturated heterocycles. The highest BCUT2D eigenvalue weighted by molar-refractivity contribution is 5.93. The maximum absolute atomic E-state index is 11.3. The van der Waals surface area contributed by atoms with Gasteiger partial charge in [0.15, 0.2) is 5.78 Å². The van der Waals surface area contributed by atoms with Gasteiger partial charge in [0.25, 0.3) is 0 Å². The molecule has 0 amide bonds. The second-order valence-corrected chi connectivity index (χ2v) is 3.96. The Morgan fingerprint density at radius 2 is 2.40 bits per heavy atom. The molecule has 0 aromatic rings. The van der Waals surface area contributed by atoms with Gasteiger partial charge >= 0.3 is 0 Å². The minimum Gasteiger partial charge on any atom is -0.472 e. The first-order chi connectivity index (χ1) is 7.15. The van der Waals surface area contributed by atoms with Gasteiger partial charge in [0.1, 0.15) is 0 Å². The maximum atomic E-state index is 11.3. The van der Waals surface area contributed by atoms with Crippen LogP contribution in [0.4, 0.5) is 0 Å². The van der Waals surface area contributed by atoms with Crippen LogP contribution in [0.25, 0.3) is 0 Å². The van der Waals surface area contributed by atoms with Gasteiger partial charge in [0.2, 0.25) is 6.29 Å². The molecule has 0 unspecified atom stereocenters. The summed E-state index contributed by atoms with van der Waals surface area (Å²) in [5.74, 6) is -0.336. The standard InChI is InChI=1S/C11H14O4/c1-6(13)9-5-15-11(14)10-7(4-12)2-3-8(9)10/h2,5,8,10-12,14H,3-4H2,1H3/t8-,10-,11-/m1/s1. The predicted octanol–water partition coefficient (Wildman–Crippen LogP) is 0.363. The number of carbonyl (C=O) groups excluding carboxylic acids is 1. The summed E-state index contributed by atoms with van der Waals surface area (Å²) in [5, 5.41) is 18.8. The molecule has 0 fully saturated rings. The van der Waals surface area contributed by atoms with E-state index in [4.69, 9.17) is 9.84 Å². The van der Waals surface area contributed by atoms with E-state index >= 15 is 0 Å². The van der Waals surface area contributed by atoms with Crippen molar-refractivity contribution in [2.75, 3.05) is 6.61 Å². The van der Waals surface area contributed by atoms with Gasteiger partial charge in [-0.05, 0) is 18.9 Å². The number of ether oxygens (including phenoxy) is 1. The average molecular weight is 210 g/mol. The number of aliphatic hydroxyl groups excluding tert-OH is 2. The molecule has 1 aliphatic carbocycles. The molecule has 2 aliphatic rings. The Morgan fingerprint density at radius 3 is 3.00 bits per heavy atom. The minimum absolute atomic E-state index is 0.0339. The fourth-order valence-corrected chi connectivity index (χ4v) is 2.35. The number of aliphatic hydroxyl groups is 2. The lowest BCUT2D eigenvalue weighted by atomic mass is 9.82. The number of hydrogen-bond donors (Lipinski definition) is 2. The van der Waals surface area contributed by atoms with Gasteiger partial charge in [-0.25, -0.2) is 0 Å². The summed E-state index contributed by atoms with van der Waals surface area (Å²) in [4.78, 5) is 11.3. The summed E-state index contributed by atoms with van der Waals surface area (Å²) in [6, 6.07) is 0. The molecule has 1 aliphatic heterocycles. The van der Waals surface area contributed by atoms with E-state index < -0.39 is 6.29 Å². The lowest BCUT2D eigenvalue weighted by molar-refractivity contribution is -0.121. The van der Waals surface area contributed by atoms with Crippen molar-refractivity contribution >= 4 is 5.78 Å². The molecule has 2 N–H and O–H groups in total. The van der Waals surface area contributed by atoms with E-state index in [9.17, 15) is 9.90 Å². The van der Waals surface area contributed by atoms with E-state index in [2.05, 4.69) is 0 Å². The highest BCUT2D eigenvalue weighted by Crippen LogP contribution is 2.42. The van der Waals surface area contributed by atoms with Crippen molar-refractivity contribution in [2.45, 2.75) is 19.6 Å². The van der Waals surface area contributed by atoms with E-state index in [-0.39, 0.29) is 24.2 Å². The van der Waals surface area contributed by atoms with Crippen molar-refractivity contribution in [3.05, 3.63) is 23.5 Å². The Balaban J connectivity index is 2.29. The summed E-state index contributed by atoms with van der Waals surface area (Å²) in [7, 11) is 0. The number of hydrogen-bond acceptors (Lipinski definition) is 4. The Bertz CT molecular complexity index is 342. The first-order valence-electron chi connectivity index (χ1n) is 4.99. The SMILES string of the molecule is CC(=O)C1=CO[C@@H](O)[C@@H]2C(CO)=CC[C@H]12. The third kappa shape index (κ3) is 1.60. The Hall–Kier alpha value is -1.13. The molecule has 0 radical (unpaired) electrons. The topological polar surface area (TPSA) is 66.8 Å². The first-order valence-corrected chi connectivity index (χ1v) is 4.99. The summed E-state index contributed by atoms with van der Waals surface area (Å²) in [6.07, 6.45) is 2.97. The van der Waals surface area contributed by atoms with E-state index in [0.717, 1.165) is 5.57 Å². The highest BCUT2D eigenvalue weighted by atomic mass is 16.6. The fourth-order valence-electron chi connectivity index (χ4n) is 2.35. The van der Waals surface area contributed by atoms with Gasteiger partial charge in [-0.2, -0.15) is 0 Å². The molecule has 0 spiro atoms. The highest BCUT2D eigenvalue weighted by Gasteiger charge is 2.41. The van der Waals surface area contributed by atoms with Gasteiger partial charge in [0.05, 0.1) is 18.8 Å². The molecule has 0 aromatic carbocycles. The number of fused-ring (bicyclic) bond motifs is 1. The monoisotopic (exact) mass is 210 g/mol. The lowest BCUT2D eigenvalue weighted by Crippen LogP contribution is -2.34. The zero-order valence-electron chi connectivity index (χ0n) is 8.51. The van der Waals surface area contributed by atoms with Crippen LogP contribution >= 0.6 is 0 Å². The Labute approximate surface area is 87.9 Å². The van der Waals surface area contributed by atoms with E-state index in [0.29, 0.717) is 12.0 Å². The van der Waals surface area contributed by atoms with Crippen molar-refractivity contribution in [1.29, 1.82) is 0 Å². The molecule has 3 atom stereocenters. The van der Waals surface area contributed by atoms with Gasteiger partial charge in [-0.15, -0.1) is 0 Å². The van der Waals surface area contributed by atoms with Crippen LogP contribution in [0.3, 0.4) is 0 Å². The van der Waals surface area contributed by atoms with Crippen LogP contribution in [0, 0.1) is 11.8 Å². The molecule has 2 rings (SSSR count). The van der Waals surface area contributed by atoms with Crippen LogP contribution in [-0.4, -0.2) is 28.9 Å². The quantitative estimate of drug-likeness (QED) is 0.646.